The number of fused-ring (bicyclic) bond motifs is 5. The molecule has 0 saturated carbocycles. The van der Waals surface area contributed by atoms with Gasteiger partial charge in [0.25, 0.3) is 5.69 Å². The molecule has 4 atom stereocenters. The quantitative estimate of drug-likeness (QED) is 0.357. The highest BCUT2D eigenvalue weighted by Gasteiger charge is 2.66. The third-order valence-electron chi connectivity index (χ3n) is 4.65. The number of ether oxygens (including phenoxy) is 1. The predicted molar refractivity (Wildman–Crippen MR) is 75.0 cm³/mol. The lowest BCUT2D eigenvalue weighted by Crippen LogP contribution is -2.38. The monoisotopic (exact) mass is 300 g/mol. The van der Waals surface area contributed by atoms with Gasteiger partial charge >= 0.3 is 0 Å². The zero-order valence-electron chi connectivity index (χ0n) is 11.6. The highest BCUT2D eigenvalue weighted by atomic mass is 16.6. The van der Waals surface area contributed by atoms with Gasteiger partial charge in [-0.2, -0.15) is 0 Å². The van der Waals surface area contributed by atoms with Crippen molar-refractivity contribution in [3.05, 3.63) is 46.5 Å². The van der Waals surface area contributed by atoms with Gasteiger partial charge in [0.1, 0.15) is 0 Å². The van der Waals surface area contributed by atoms with Crippen molar-refractivity contribution < 1.29 is 19.2 Å². The number of amides is 2. The molecule has 0 N–H and O–H groups in total. The van der Waals surface area contributed by atoms with E-state index in [-0.39, 0.29) is 23.6 Å². The molecule has 1 aromatic rings. The van der Waals surface area contributed by atoms with Gasteiger partial charge < -0.3 is 4.74 Å². The highest BCUT2D eigenvalue weighted by molar-refractivity contribution is 6.23. The van der Waals surface area contributed by atoms with Gasteiger partial charge in [-0.3, -0.25) is 19.7 Å². The normalized spacial score (nSPS) is 35.3. The zero-order chi connectivity index (χ0) is 15.6. The van der Waals surface area contributed by atoms with Crippen LogP contribution in [0.5, 0.6) is 0 Å². The Morgan fingerprint density at radius 3 is 2.50 bits per heavy atom. The van der Waals surface area contributed by atoms with Crippen molar-refractivity contribution in [2.24, 2.45) is 11.8 Å². The number of anilines is 1. The number of rotatable bonds is 2. The number of carbonyl (C=O) groups is 2. The van der Waals surface area contributed by atoms with Crippen molar-refractivity contribution in [3.63, 3.8) is 0 Å². The summed E-state index contributed by atoms with van der Waals surface area (Å²) in [5.74, 6) is -1.64. The summed E-state index contributed by atoms with van der Waals surface area (Å²) in [6.07, 6.45) is 3.30. The first-order valence-corrected chi connectivity index (χ1v) is 6.92. The molecule has 2 bridgehead atoms. The maximum absolute atomic E-state index is 12.7. The number of carbonyl (C=O) groups excluding carboxylic acids is 2. The highest BCUT2D eigenvalue weighted by Crippen LogP contribution is 2.52. The standard InChI is InChI=1S/C15H12N2O5/c1-15-7-6-10(22-15)11-12(15)14(19)16(13(11)18)8-2-4-9(5-3-8)17(20)21/h2-7,10-12H,1H3/t10-,11-,12+,15-/m0/s1. The molecule has 4 rings (SSSR count). The van der Waals surface area contributed by atoms with Crippen LogP contribution in [0.15, 0.2) is 36.4 Å². The Kier molecular flexibility index (Phi) is 2.40. The van der Waals surface area contributed by atoms with E-state index in [0.29, 0.717) is 5.69 Å². The number of hydrogen-bond donors (Lipinski definition) is 0. The van der Waals surface area contributed by atoms with Crippen LogP contribution in [0.2, 0.25) is 0 Å². The minimum Gasteiger partial charge on any atom is -0.362 e. The molecule has 112 valence electrons. The fourth-order valence-corrected chi connectivity index (χ4v) is 3.63. The molecule has 7 nitrogen and oxygen atoms in total. The molecule has 2 fully saturated rings. The predicted octanol–water partition coefficient (Wildman–Crippen LogP) is 1.43. The maximum atomic E-state index is 12.7. The lowest BCUT2D eigenvalue weighted by Gasteiger charge is -2.24. The summed E-state index contributed by atoms with van der Waals surface area (Å²) in [5.41, 5.74) is -0.462. The van der Waals surface area contributed by atoms with Crippen molar-refractivity contribution >= 4 is 23.2 Å². The summed E-state index contributed by atoms with van der Waals surface area (Å²) in [7, 11) is 0. The van der Waals surface area contributed by atoms with E-state index in [2.05, 4.69) is 0 Å². The van der Waals surface area contributed by atoms with Crippen LogP contribution < -0.4 is 4.90 Å². The molecule has 0 radical (unpaired) electrons. The second-order valence-electron chi connectivity index (χ2n) is 5.91. The largest absolute Gasteiger partial charge is 0.362 e. The summed E-state index contributed by atoms with van der Waals surface area (Å²) in [6, 6.07) is 5.42. The minimum absolute atomic E-state index is 0.0833. The number of nitrogens with zero attached hydrogens (tertiary/aromatic N) is 2. The molecule has 3 aliphatic rings. The molecule has 3 aliphatic heterocycles. The average molecular weight is 300 g/mol. The molecule has 1 aromatic carbocycles. The number of non-ortho nitro benzene ring substituents is 1. The minimum atomic E-state index is -0.738. The lowest BCUT2D eigenvalue weighted by molar-refractivity contribution is -0.384. The second kappa shape index (κ2) is 4.01. The third kappa shape index (κ3) is 1.48. The Morgan fingerprint density at radius 1 is 1.23 bits per heavy atom. The van der Waals surface area contributed by atoms with Crippen molar-refractivity contribution in [3.8, 4) is 0 Å². The Labute approximate surface area is 125 Å². The van der Waals surface area contributed by atoms with Crippen LogP contribution in [0.4, 0.5) is 11.4 Å². The Hall–Kier alpha value is -2.54. The average Bonchev–Trinajstić information content (AvgIpc) is 3.08. The van der Waals surface area contributed by atoms with Gasteiger partial charge in [0, 0.05) is 12.1 Å². The summed E-state index contributed by atoms with van der Waals surface area (Å²) >= 11 is 0. The Balaban J connectivity index is 1.71. The van der Waals surface area contributed by atoms with Crippen LogP contribution in [0.25, 0.3) is 0 Å². The maximum Gasteiger partial charge on any atom is 0.269 e. The summed E-state index contributed by atoms with van der Waals surface area (Å²) < 4.78 is 5.73. The zero-order valence-corrected chi connectivity index (χ0v) is 11.6. The molecule has 7 heteroatoms. The van der Waals surface area contributed by atoms with E-state index in [1.165, 1.54) is 24.3 Å². The lowest BCUT2D eigenvalue weighted by atomic mass is 9.78. The molecule has 0 aromatic heterocycles. The van der Waals surface area contributed by atoms with Gasteiger partial charge in [-0.1, -0.05) is 12.2 Å². The van der Waals surface area contributed by atoms with E-state index in [9.17, 15) is 19.7 Å². The van der Waals surface area contributed by atoms with E-state index in [0.717, 1.165) is 4.90 Å². The molecular weight excluding hydrogens is 288 g/mol. The molecule has 3 heterocycles. The van der Waals surface area contributed by atoms with E-state index < -0.39 is 22.4 Å². The van der Waals surface area contributed by atoms with Gasteiger partial charge in [-0.25, -0.2) is 4.90 Å². The van der Waals surface area contributed by atoms with E-state index in [4.69, 9.17) is 4.74 Å². The van der Waals surface area contributed by atoms with Crippen LogP contribution in [0, 0.1) is 22.0 Å². The van der Waals surface area contributed by atoms with E-state index in [1.807, 2.05) is 12.2 Å². The Morgan fingerprint density at radius 2 is 1.91 bits per heavy atom. The first-order chi connectivity index (χ1) is 10.4. The van der Waals surface area contributed by atoms with Crippen LogP contribution >= 0.6 is 0 Å². The van der Waals surface area contributed by atoms with Crippen molar-refractivity contribution in [2.45, 2.75) is 18.6 Å². The van der Waals surface area contributed by atoms with Gasteiger partial charge in [0.05, 0.1) is 34.2 Å². The second-order valence-corrected chi connectivity index (χ2v) is 5.91. The van der Waals surface area contributed by atoms with Gasteiger partial charge in [0.15, 0.2) is 0 Å². The fraction of sp³-hybridized carbons (Fsp3) is 0.333. The smallest absolute Gasteiger partial charge is 0.269 e. The summed E-state index contributed by atoms with van der Waals surface area (Å²) in [4.78, 5) is 36.6. The number of nitro groups is 1. The third-order valence-corrected chi connectivity index (χ3v) is 4.65. The topological polar surface area (TPSA) is 89.8 Å². The number of imide groups is 1. The molecular formula is C15H12N2O5. The van der Waals surface area contributed by atoms with Crippen LogP contribution in [0.3, 0.4) is 0 Å². The number of nitro benzene ring substituents is 1. The van der Waals surface area contributed by atoms with E-state index >= 15 is 0 Å². The molecule has 2 saturated heterocycles. The van der Waals surface area contributed by atoms with Gasteiger partial charge in [0.2, 0.25) is 11.8 Å². The molecule has 2 amide bonds. The van der Waals surface area contributed by atoms with E-state index in [1.54, 1.807) is 6.92 Å². The van der Waals surface area contributed by atoms with Crippen LogP contribution in [-0.4, -0.2) is 28.4 Å². The fourth-order valence-electron chi connectivity index (χ4n) is 3.63. The molecule has 0 aliphatic carbocycles. The molecule has 22 heavy (non-hydrogen) atoms. The number of hydrogen-bond acceptors (Lipinski definition) is 5. The van der Waals surface area contributed by atoms with Gasteiger partial charge in [-0.05, 0) is 19.1 Å². The molecule has 0 spiro atoms. The summed E-state index contributed by atoms with van der Waals surface area (Å²) in [5, 5.41) is 10.7. The SMILES string of the molecule is C[C@@]12C=C[C@H](O1)[C@@H]1C(=O)N(c3ccc([N+](=O)[O-])cc3)C(=O)[C@@H]12. The summed E-state index contributed by atoms with van der Waals surface area (Å²) in [6.45, 7) is 1.80. The Bertz CT molecular complexity index is 741. The number of benzene rings is 1. The van der Waals surface area contributed by atoms with Crippen molar-refractivity contribution in [2.75, 3.05) is 4.90 Å². The van der Waals surface area contributed by atoms with Gasteiger partial charge in [-0.15, -0.1) is 0 Å². The first-order valence-electron chi connectivity index (χ1n) is 6.92. The van der Waals surface area contributed by atoms with Crippen molar-refractivity contribution in [1.82, 2.24) is 0 Å². The van der Waals surface area contributed by atoms with Crippen LogP contribution in [0.1, 0.15) is 6.92 Å². The van der Waals surface area contributed by atoms with Crippen molar-refractivity contribution in [1.29, 1.82) is 0 Å². The van der Waals surface area contributed by atoms with Crippen LogP contribution in [-0.2, 0) is 14.3 Å². The molecule has 0 unspecified atom stereocenters. The first kappa shape index (κ1) is 13.1.